The molecule has 0 aliphatic heterocycles. The Hall–Kier alpha value is -2.37. The first kappa shape index (κ1) is 16.0. The zero-order chi connectivity index (χ0) is 16.0. The van der Waals surface area contributed by atoms with Crippen LogP contribution in [0.25, 0.3) is 0 Å². The highest BCUT2D eigenvalue weighted by atomic mass is 31.2. The Morgan fingerprint density at radius 2 is 1.77 bits per heavy atom. The average Bonchev–Trinajstić information content (AvgIpc) is 2.48. The molecule has 0 spiro atoms. The number of nitro benzene ring substituents is 1. The molecule has 116 valence electrons. The summed E-state index contributed by atoms with van der Waals surface area (Å²) >= 11 is 0. The molecule has 0 saturated carbocycles. The first-order valence-electron chi connectivity index (χ1n) is 6.54. The molecule has 0 amide bonds. The van der Waals surface area contributed by atoms with Gasteiger partial charge in [0, 0.05) is 17.8 Å². The summed E-state index contributed by atoms with van der Waals surface area (Å²) in [5.41, 5.74) is 0.510. The minimum absolute atomic E-state index is 0.0744. The Labute approximate surface area is 127 Å². The van der Waals surface area contributed by atoms with Gasteiger partial charge in [0.2, 0.25) is 0 Å². The number of nitro groups is 1. The lowest BCUT2D eigenvalue weighted by Gasteiger charge is -2.19. The fourth-order valence-corrected chi connectivity index (χ4v) is 3.06. The van der Waals surface area contributed by atoms with Crippen molar-refractivity contribution < 1.29 is 18.5 Å². The van der Waals surface area contributed by atoms with Crippen molar-refractivity contribution in [2.24, 2.45) is 0 Å². The number of benzene rings is 2. The van der Waals surface area contributed by atoms with E-state index in [0.29, 0.717) is 5.69 Å². The van der Waals surface area contributed by atoms with Crippen LogP contribution in [0, 0.1) is 10.1 Å². The van der Waals surface area contributed by atoms with Gasteiger partial charge in [-0.15, -0.1) is 0 Å². The van der Waals surface area contributed by atoms with Crippen LogP contribution in [-0.4, -0.2) is 11.5 Å². The van der Waals surface area contributed by atoms with Crippen molar-refractivity contribution in [2.75, 3.05) is 11.7 Å². The summed E-state index contributed by atoms with van der Waals surface area (Å²) in [5.74, 6) is 0.214. The van der Waals surface area contributed by atoms with Gasteiger partial charge >= 0.3 is 7.75 Å². The summed E-state index contributed by atoms with van der Waals surface area (Å²) in [6.45, 7) is 1.88. The highest BCUT2D eigenvalue weighted by Crippen LogP contribution is 2.48. The van der Waals surface area contributed by atoms with Crippen molar-refractivity contribution in [1.29, 1.82) is 0 Å². The molecule has 0 fully saturated rings. The summed E-state index contributed by atoms with van der Waals surface area (Å²) in [7, 11) is -3.62. The van der Waals surface area contributed by atoms with Gasteiger partial charge in [0.25, 0.3) is 5.69 Å². The zero-order valence-electron chi connectivity index (χ0n) is 11.8. The van der Waals surface area contributed by atoms with Crippen LogP contribution in [0.1, 0.15) is 6.92 Å². The molecule has 22 heavy (non-hydrogen) atoms. The van der Waals surface area contributed by atoms with Crippen LogP contribution in [0.3, 0.4) is 0 Å². The Kier molecular flexibility index (Phi) is 5.14. The minimum atomic E-state index is -3.62. The first-order valence-corrected chi connectivity index (χ1v) is 8.08. The summed E-state index contributed by atoms with van der Waals surface area (Å²) in [5, 5.41) is 13.3. The molecule has 0 heterocycles. The van der Waals surface area contributed by atoms with E-state index in [1.54, 1.807) is 31.2 Å². The normalized spacial score (nSPS) is 13.1. The van der Waals surface area contributed by atoms with E-state index in [0.717, 1.165) is 0 Å². The molecular formula is C14H15N2O5P. The molecule has 2 rings (SSSR count). The van der Waals surface area contributed by atoms with Gasteiger partial charge in [0.05, 0.1) is 11.5 Å². The fraction of sp³-hybridized carbons (Fsp3) is 0.143. The van der Waals surface area contributed by atoms with E-state index in [-0.39, 0.29) is 18.0 Å². The van der Waals surface area contributed by atoms with Crippen molar-refractivity contribution in [2.45, 2.75) is 6.92 Å². The van der Waals surface area contributed by atoms with E-state index < -0.39 is 12.7 Å². The summed E-state index contributed by atoms with van der Waals surface area (Å²) < 4.78 is 23.3. The SMILES string of the molecule is CCOP(=O)(Nc1ccccc1)Oc1ccc([N+](=O)[O-])cc1. The predicted molar refractivity (Wildman–Crippen MR) is 83.0 cm³/mol. The van der Waals surface area contributed by atoms with Gasteiger partial charge in [0.15, 0.2) is 0 Å². The molecule has 7 nitrogen and oxygen atoms in total. The highest BCUT2D eigenvalue weighted by molar-refractivity contribution is 7.55. The van der Waals surface area contributed by atoms with E-state index in [9.17, 15) is 14.7 Å². The maximum Gasteiger partial charge on any atom is 0.486 e. The van der Waals surface area contributed by atoms with E-state index in [1.807, 2.05) is 6.07 Å². The van der Waals surface area contributed by atoms with Gasteiger partial charge in [-0.25, -0.2) is 4.57 Å². The van der Waals surface area contributed by atoms with Gasteiger partial charge in [0.1, 0.15) is 5.75 Å². The van der Waals surface area contributed by atoms with Gasteiger partial charge in [-0.1, -0.05) is 18.2 Å². The van der Waals surface area contributed by atoms with Crippen LogP contribution in [0.5, 0.6) is 5.75 Å². The molecule has 1 unspecified atom stereocenters. The third kappa shape index (κ3) is 4.31. The second-order valence-corrected chi connectivity index (χ2v) is 5.89. The van der Waals surface area contributed by atoms with Crippen LogP contribution >= 0.6 is 7.75 Å². The maximum absolute atomic E-state index is 12.7. The Balaban J connectivity index is 2.17. The van der Waals surface area contributed by atoms with Crippen LogP contribution < -0.4 is 9.61 Å². The highest BCUT2D eigenvalue weighted by Gasteiger charge is 2.26. The molecule has 0 bridgehead atoms. The first-order chi connectivity index (χ1) is 10.5. The molecule has 0 aliphatic carbocycles. The van der Waals surface area contributed by atoms with Gasteiger partial charge < -0.3 is 4.52 Å². The predicted octanol–water partition coefficient (Wildman–Crippen LogP) is 4.23. The van der Waals surface area contributed by atoms with E-state index in [4.69, 9.17) is 9.05 Å². The van der Waals surface area contributed by atoms with Gasteiger partial charge in [-0.05, 0) is 31.2 Å². The van der Waals surface area contributed by atoms with Gasteiger partial charge in [-0.2, -0.15) is 0 Å². The molecule has 0 aliphatic rings. The van der Waals surface area contributed by atoms with Crippen molar-refractivity contribution in [3.63, 3.8) is 0 Å². The van der Waals surface area contributed by atoms with Crippen molar-refractivity contribution >= 4 is 19.1 Å². The number of hydrogen-bond acceptors (Lipinski definition) is 5. The lowest BCUT2D eigenvalue weighted by Crippen LogP contribution is -2.07. The van der Waals surface area contributed by atoms with Crippen LogP contribution in [0.4, 0.5) is 11.4 Å². The van der Waals surface area contributed by atoms with Crippen molar-refractivity contribution in [1.82, 2.24) is 0 Å². The second kappa shape index (κ2) is 7.06. The van der Waals surface area contributed by atoms with E-state index >= 15 is 0 Å². The molecule has 2 aromatic rings. The van der Waals surface area contributed by atoms with Crippen LogP contribution in [-0.2, 0) is 9.09 Å². The van der Waals surface area contributed by atoms with E-state index in [2.05, 4.69) is 5.09 Å². The topological polar surface area (TPSA) is 90.7 Å². The molecular weight excluding hydrogens is 307 g/mol. The number of non-ortho nitro benzene ring substituents is 1. The van der Waals surface area contributed by atoms with Crippen molar-refractivity contribution in [3.8, 4) is 5.75 Å². The monoisotopic (exact) mass is 322 g/mol. The number of para-hydroxylation sites is 1. The number of hydrogen-bond donors (Lipinski definition) is 1. The Bertz CT molecular complexity index is 675. The molecule has 0 saturated heterocycles. The number of nitrogens with zero attached hydrogens (tertiary/aromatic N) is 1. The summed E-state index contributed by atoms with van der Waals surface area (Å²) in [6, 6.07) is 14.1. The molecule has 1 atom stereocenters. The number of nitrogens with one attached hydrogen (secondary N) is 1. The van der Waals surface area contributed by atoms with E-state index in [1.165, 1.54) is 24.3 Å². The standard InChI is InChI=1S/C14H15N2O5P/c1-2-20-22(19,15-12-6-4-3-5-7-12)21-14-10-8-13(9-11-14)16(17)18/h3-11H,2H2,1H3,(H,15,19). The average molecular weight is 322 g/mol. The smallest absolute Gasteiger partial charge is 0.409 e. The quantitative estimate of drug-likeness (QED) is 0.466. The van der Waals surface area contributed by atoms with Gasteiger partial charge in [-0.3, -0.25) is 19.7 Å². The third-order valence-electron chi connectivity index (χ3n) is 2.61. The fourth-order valence-electron chi connectivity index (χ4n) is 1.69. The third-order valence-corrected chi connectivity index (χ3v) is 4.19. The summed E-state index contributed by atoms with van der Waals surface area (Å²) in [6.07, 6.45) is 0. The summed E-state index contributed by atoms with van der Waals surface area (Å²) in [4.78, 5) is 10.1. The molecule has 2 aromatic carbocycles. The molecule has 0 aromatic heterocycles. The number of anilines is 1. The second-order valence-electron chi connectivity index (χ2n) is 4.24. The molecule has 8 heteroatoms. The molecule has 0 radical (unpaired) electrons. The molecule has 1 N–H and O–H groups in total. The van der Waals surface area contributed by atoms with Crippen molar-refractivity contribution in [3.05, 3.63) is 64.7 Å². The lowest BCUT2D eigenvalue weighted by molar-refractivity contribution is -0.384. The maximum atomic E-state index is 12.7. The zero-order valence-corrected chi connectivity index (χ0v) is 12.7. The lowest BCUT2D eigenvalue weighted by atomic mass is 10.3. The number of rotatable bonds is 7. The largest absolute Gasteiger partial charge is 0.486 e. The Morgan fingerprint density at radius 1 is 1.14 bits per heavy atom. The Morgan fingerprint density at radius 3 is 2.32 bits per heavy atom. The minimum Gasteiger partial charge on any atom is -0.409 e. The van der Waals surface area contributed by atoms with Crippen LogP contribution in [0.15, 0.2) is 54.6 Å². The van der Waals surface area contributed by atoms with Crippen LogP contribution in [0.2, 0.25) is 0 Å².